The zero-order valence-corrected chi connectivity index (χ0v) is 12.1. The Kier molecular flexibility index (Phi) is 6.50. The maximum absolute atomic E-state index is 12.3. The van der Waals surface area contributed by atoms with Crippen LogP contribution in [0.15, 0.2) is 0 Å². The maximum Gasteiger partial charge on any atom is 0.250 e. The van der Waals surface area contributed by atoms with Crippen molar-refractivity contribution in [2.45, 2.75) is 59.0 Å². The van der Waals surface area contributed by atoms with E-state index in [4.69, 9.17) is 0 Å². The van der Waals surface area contributed by atoms with Crippen molar-refractivity contribution in [3.8, 4) is 0 Å². The van der Waals surface area contributed by atoms with Gasteiger partial charge in [-0.05, 0) is 31.6 Å². The number of alkyl halides is 2. The van der Waals surface area contributed by atoms with Crippen LogP contribution in [-0.4, -0.2) is 43.0 Å². The summed E-state index contributed by atoms with van der Waals surface area (Å²) in [5, 5.41) is 3.02. The van der Waals surface area contributed by atoms with E-state index < -0.39 is 6.43 Å². The van der Waals surface area contributed by atoms with E-state index in [1.807, 2.05) is 0 Å². The van der Waals surface area contributed by atoms with Crippen molar-refractivity contribution in [3.05, 3.63) is 0 Å². The largest absolute Gasteiger partial charge is 0.307 e. The van der Waals surface area contributed by atoms with Crippen LogP contribution in [0.5, 0.6) is 0 Å². The van der Waals surface area contributed by atoms with Gasteiger partial charge in [0.2, 0.25) is 0 Å². The number of halogens is 2. The van der Waals surface area contributed by atoms with Crippen LogP contribution in [-0.2, 0) is 0 Å². The first-order chi connectivity index (χ1) is 8.43. The molecule has 1 rings (SSSR count). The molecule has 2 nitrogen and oxygen atoms in total. The number of hydrogen-bond donors (Lipinski definition) is 1. The van der Waals surface area contributed by atoms with Crippen molar-refractivity contribution >= 4 is 0 Å². The Morgan fingerprint density at radius 3 is 2.39 bits per heavy atom. The Bertz CT molecular complexity index is 234. The summed E-state index contributed by atoms with van der Waals surface area (Å²) in [5.74, 6) is 1.23. The third kappa shape index (κ3) is 4.81. The fourth-order valence-electron chi connectivity index (χ4n) is 2.68. The molecule has 4 heteroatoms. The van der Waals surface area contributed by atoms with E-state index in [9.17, 15) is 8.78 Å². The van der Waals surface area contributed by atoms with Gasteiger partial charge >= 0.3 is 0 Å². The molecule has 3 atom stereocenters. The van der Waals surface area contributed by atoms with E-state index in [1.54, 1.807) is 0 Å². The molecule has 108 valence electrons. The Balaban J connectivity index is 2.56. The molecule has 1 heterocycles. The molecule has 0 radical (unpaired) electrons. The summed E-state index contributed by atoms with van der Waals surface area (Å²) in [6.07, 6.45) is -0.106. The molecule has 18 heavy (non-hydrogen) atoms. The first-order valence-corrected chi connectivity index (χ1v) is 7.19. The smallest absolute Gasteiger partial charge is 0.250 e. The lowest BCUT2D eigenvalue weighted by Gasteiger charge is -2.42. The second-order valence-corrected chi connectivity index (χ2v) is 5.95. The Hall–Kier alpha value is -0.220. The van der Waals surface area contributed by atoms with Crippen molar-refractivity contribution < 1.29 is 8.78 Å². The zero-order valence-electron chi connectivity index (χ0n) is 12.1. The number of nitrogens with one attached hydrogen (secondary N) is 1. The monoisotopic (exact) mass is 262 g/mol. The fraction of sp³-hybridized carbons (Fsp3) is 1.00. The predicted molar refractivity (Wildman–Crippen MR) is 72.1 cm³/mol. The lowest BCUT2D eigenvalue weighted by molar-refractivity contribution is 0.0717. The lowest BCUT2D eigenvalue weighted by atomic mass is 9.85. The molecule has 0 aromatic carbocycles. The molecule has 3 unspecified atom stereocenters. The summed E-state index contributed by atoms with van der Waals surface area (Å²) in [6, 6.07) is 0.761. The SMILES string of the molecule is CCC(C)N1CC(NCC(F)F)CC(C(C)C)C1. The first kappa shape index (κ1) is 15.8. The van der Waals surface area contributed by atoms with E-state index in [0.29, 0.717) is 17.9 Å². The van der Waals surface area contributed by atoms with Gasteiger partial charge in [-0.15, -0.1) is 0 Å². The molecule has 1 fully saturated rings. The predicted octanol–water partition coefficient (Wildman–Crippen LogP) is 2.99. The molecule has 0 bridgehead atoms. The van der Waals surface area contributed by atoms with Gasteiger partial charge in [-0.3, -0.25) is 4.90 Å². The molecule has 0 aromatic heterocycles. The number of hydrogen-bond acceptors (Lipinski definition) is 2. The highest BCUT2D eigenvalue weighted by molar-refractivity contribution is 4.86. The molecular weight excluding hydrogens is 234 g/mol. The summed E-state index contributed by atoms with van der Waals surface area (Å²) >= 11 is 0. The molecule has 1 aliphatic rings. The van der Waals surface area contributed by atoms with Crippen molar-refractivity contribution in [2.75, 3.05) is 19.6 Å². The molecule has 0 aromatic rings. The average Bonchev–Trinajstić information content (AvgIpc) is 2.34. The Labute approximate surface area is 110 Å². The van der Waals surface area contributed by atoms with Crippen molar-refractivity contribution in [1.29, 1.82) is 0 Å². The molecule has 1 aliphatic heterocycles. The molecule has 0 saturated carbocycles. The van der Waals surface area contributed by atoms with Gasteiger partial charge < -0.3 is 5.32 Å². The van der Waals surface area contributed by atoms with Gasteiger partial charge in [0.25, 0.3) is 6.43 Å². The van der Waals surface area contributed by atoms with Crippen LogP contribution in [0.1, 0.15) is 40.5 Å². The van der Waals surface area contributed by atoms with Crippen LogP contribution < -0.4 is 5.32 Å². The van der Waals surface area contributed by atoms with Crippen LogP contribution >= 0.6 is 0 Å². The van der Waals surface area contributed by atoms with E-state index >= 15 is 0 Å². The van der Waals surface area contributed by atoms with E-state index in [2.05, 4.69) is 37.9 Å². The van der Waals surface area contributed by atoms with Crippen LogP contribution in [0.25, 0.3) is 0 Å². The Morgan fingerprint density at radius 2 is 1.89 bits per heavy atom. The van der Waals surface area contributed by atoms with Gasteiger partial charge in [-0.25, -0.2) is 8.78 Å². The fourth-order valence-corrected chi connectivity index (χ4v) is 2.68. The Morgan fingerprint density at radius 1 is 1.22 bits per heavy atom. The quantitative estimate of drug-likeness (QED) is 0.791. The van der Waals surface area contributed by atoms with Crippen LogP contribution in [0.2, 0.25) is 0 Å². The molecule has 0 spiro atoms. The summed E-state index contributed by atoms with van der Waals surface area (Å²) in [6.45, 7) is 10.7. The third-order valence-corrected chi connectivity index (χ3v) is 4.23. The number of nitrogens with zero attached hydrogens (tertiary/aromatic N) is 1. The van der Waals surface area contributed by atoms with Crippen molar-refractivity contribution in [1.82, 2.24) is 10.2 Å². The molecular formula is C14H28F2N2. The number of rotatable bonds is 6. The third-order valence-electron chi connectivity index (χ3n) is 4.23. The van der Waals surface area contributed by atoms with Crippen LogP contribution in [0.3, 0.4) is 0 Å². The van der Waals surface area contributed by atoms with Crippen molar-refractivity contribution in [2.24, 2.45) is 11.8 Å². The minimum atomic E-state index is -2.25. The zero-order chi connectivity index (χ0) is 13.7. The summed E-state index contributed by atoms with van der Waals surface area (Å²) in [4.78, 5) is 2.46. The van der Waals surface area contributed by atoms with Gasteiger partial charge in [-0.2, -0.15) is 0 Å². The maximum atomic E-state index is 12.3. The van der Waals surface area contributed by atoms with Gasteiger partial charge in [0, 0.05) is 25.2 Å². The second kappa shape index (κ2) is 7.39. The van der Waals surface area contributed by atoms with Gasteiger partial charge in [0.15, 0.2) is 0 Å². The summed E-state index contributed by atoms with van der Waals surface area (Å²) in [5.41, 5.74) is 0. The topological polar surface area (TPSA) is 15.3 Å². The van der Waals surface area contributed by atoms with Gasteiger partial charge in [0.1, 0.15) is 0 Å². The summed E-state index contributed by atoms with van der Waals surface area (Å²) in [7, 11) is 0. The minimum Gasteiger partial charge on any atom is -0.307 e. The number of piperidine rings is 1. The first-order valence-electron chi connectivity index (χ1n) is 7.19. The molecule has 0 aliphatic carbocycles. The second-order valence-electron chi connectivity index (χ2n) is 5.95. The normalized spacial score (nSPS) is 28.0. The minimum absolute atomic E-state index is 0.177. The van der Waals surface area contributed by atoms with Crippen molar-refractivity contribution in [3.63, 3.8) is 0 Å². The van der Waals surface area contributed by atoms with E-state index in [-0.39, 0.29) is 12.6 Å². The standard InChI is InChI=1S/C14H28F2N2/c1-5-11(4)18-8-12(10(2)3)6-13(9-18)17-7-14(15)16/h10-14,17H,5-9H2,1-4H3. The highest BCUT2D eigenvalue weighted by Gasteiger charge is 2.30. The van der Waals surface area contributed by atoms with E-state index in [1.165, 1.54) is 0 Å². The number of likely N-dealkylation sites (tertiary alicyclic amines) is 1. The van der Waals surface area contributed by atoms with Crippen LogP contribution in [0, 0.1) is 11.8 Å². The van der Waals surface area contributed by atoms with Crippen LogP contribution in [0.4, 0.5) is 8.78 Å². The van der Waals surface area contributed by atoms with E-state index in [0.717, 1.165) is 25.9 Å². The summed E-state index contributed by atoms with van der Waals surface area (Å²) < 4.78 is 24.6. The average molecular weight is 262 g/mol. The highest BCUT2D eigenvalue weighted by atomic mass is 19.3. The lowest BCUT2D eigenvalue weighted by Crippen LogP contribution is -2.53. The van der Waals surface area contributed by atoms with Gasteiger partial charge in [-0.1, -0.05) is 20.8 Å². The molecule has 1 saturated heterocycles. The molecule has 0 amide bonds. The molecule has 1 N–H and O–H groups in total. The van der Waals surface area contributed by atoms with Gasteiger partial charge in [0.05, 0.1) is 6.54 Å². The highest BCUT2D eigenvalue weighted by Crippen LogP contribution is 2.25.